The second-order valence-electron chi connectivity index (χ2n) is 5.95. The molecule has 0 bridgehead atoms. The highest BCUT2D eigenvalue weighted by Gasteiger charge is 2.26. The van der Waals surface area contributed by atoms with Gasteiger partial charge in [0.25, 0.3) is 0 Å². The van der Waals surface area contributed by atoms with E-state index in [0.717, 1.165) is 19.0 Å². The van der Waals surface area contributed by atoms with Crippen LogP contribution in [0.3, 0.4) is 0 Å². The van der Waals surface area contributed by atoms with Crippen molar-refractivity contribution in [2.75, 3.05) is 31.5 Å². The Kier molecular flexibility index (Phi) is 5.82. The number of rotatable bonds is 2. The molecule has 1 saturated heterocycles. The summed E-state index contributed by atoms with van der Waals surface area (Å²) in [4.78, 5) is 27.8. The van der Waals surface area contributed by atoms with E-state index in [-0.39, 0.29) is 0 Å². The first-order chi connectivity index (χ1) is 11.3. The first kappa shape index (κ1) is 18.3. The summed E-state index contributed by atoms with van der Waals surface area (Å²) in [5.41, 5.74) is -0.564. The third-order valence-electron chi connectivity index (χ3n) is 4.03. The fraction of sp³-hybridized carbons (Fsp3) is 0.500. The van der Waals surface area contributed by atoms with Crippen LogP contribution >= 0.6 is 0 Å². The van der Waals surface area contributed by atoms with Crippen LogP contribution in [0.25, 0.3) is 0 Å². The van der Waals surface area contributed by atoms with E-state index in [2.05, 4.69) is 18.7 Å². The van der Waals surface area contributed by atoms with Crippen molar-refractivity contribution in [3.8, 4) is 0 Å². The van der Waals surface area contributed by atoms with Crippen molar-refractivity contribution in [1.29, 1.82) is 0 Å². The zero-order valence-corrected chi connectivity index (χ0v) is 13.6. The topological polar surface area (TPSA) is 52.7 Å². The molecule has 2 rings (SSSR count). The third kappa shape index (κ3) is 4.05. The first-order valence-electron chi connectivity index (χ1n) is 7.79. The minimum absolute atomic E-state index is 0.338. The van der Waals surface area contributed by atoms with E-state index in [9.17, 15) is 22.8 Å². The summed E-state index contributed by atoms with van der Waals surface area (Å²) >= 11 is 0. The molecule has 1 aliphatic heterocycles. The lowest BCUT2D eigenvalue weighted by atomic mass is 10.2. The van der Waals surface area contributed by atoms with E-state index >= 15 is 0 Å². The monoisotopic (exact) mass is 343 g/mol. The molecule has 0 radical (unpaired) electrons. The Morgan fingerprint density at radius 1 is 1.04 bits per heavy atom. The quantitative estimate of drug-likeness (QED) is 0.660. The van der Waals surface area contributed by atoms with Gasteiger partial charge < -0.3 is 10.2 Å². The van der Waals surface area contributed by atoms with E-state index in [0.29, 0.717) is 31.7 Å². The maximum Gasteiger partial charge on any atom is 0.313 e. The molecule has 1 aromatic carbocycles. The minimum atomic E-state index is -1.69. The molecule has 1 aliphatic rings. The molecule has 1 N–H and O–H groups in total. The second-order valence-corrected chi connectivity index (χ2v) is 5.95. The van der Waals surface area contributed by atoms with Crippen molar-refractivity contribution in [3.05, 3.63) is 29.6 Å². The highest BCUT2D eigenvalue weighted by molar-refractivity contribution is 6.39. The van der Waals surface area contributed by atoms with E-state index in [1.807, 2.05) is 5.32 Å². The number of nitrogens with one attached hydrogen (secondary N) is 1. The highest BCUT2D eigenvalue weighted by Crippen LogP contribution is 2.19. The number of hydrogen-bond donors (Lipinski definition) is 1. The summed E-state index contributed by atoms with van der Waals surface area (Å²) in [6.07, 6.45) is 0.719. The van der Waals surface area contributed by atoms with Gasteiger partial charge in [0, 0.05) is 32.2 Å². The SMILES string of the molecule is CC(C)N1CCCN(C(=O)C(=O)Nc2ccc(F)c(F)c2F)CC1. The number of benzene rings is 1. The van der Waals surface area contributed by atoms with Gasteiger partial charge in [-0.1, -0.05) is 0 Å². The van der Waals surface area contributed by atoms with Gasteiger partial charge in [0.1, 0.15) is 0 Å². The molecule has 1 aromatic rings. The summed E-state index contributed by atoms with van der Waals surface area (Å²) in [6.45, 7) is 6.35. The highest BCUT2D eigenvalue weighted by atomic mass is 19.2. The van der Waals surface area contributed by atoms with E-state index < -0.39 is 35.0 Å². The van der Waals surface area contributed by atoms with Gasteiger partial charge in [-0.3, -0.25) is 14.5 Å². The lowest BCUT2D eigenvalue weighted by Gasteiger charge is -2.24. The molecule has 0 aliphatic carbocycles. The van der Waals surface area contributed by atoms with Crippen molar-refractivity contribution in [2.24, 2.45) is 0 Å². The van der Waals surface area contributed by atoms with Crippen LogP contribution in [0.4, 0.5) is 18.9 Å². The fourth-order valence-corrected chi connectivity index (χ4v) is 2.60. The van der Waals surface area contributed by atoms with Crippen LogP contribution in [-0.2, 0) is 9.59 Å². The van der Waals surface area contributed by atoms with Gasteiger partial charge in [0.2, 0.25) is 0 Å². The van der Waals surface area contributed by atoms with Crippen molar-refractivity contribution >= 4 is 17.5 Å². The smallest absolute Gasteiger partial charge is 0.313 e. The molecule has 1 fully saturated rings. The normalized spacial score (nSPS) is 16.2. The van der Waals surface area contributed by atoms with Crippen molar-refractivity contribution in [3.63, 3.8) is 0 Å². The lowest BCUT2D eigenvalue weighted by Crippen LogP contribution is -2.42. The lowest BCUT2D eigenvalue weighted by molar-refractivity contribution is -0.143. The maximum absolute atomic E-state index is 13.6. The van der Waals surface area contributed by atoms with Gasteiger partial charge in [0.05, 0.1) is 5.69 Å². The molecule has 132 valence electrons. The van der Waals surface area contributed by atoms with Gasteiger partial charge in [-0.25, -0.2) is 13.2 Å². The number of anilines is 1. The Morgan fingerprint density at radius 3 is 2.42 bits per heavy atom. The molecular formula is C16H20F3N3O2. The zero-order chi connectivity index (χ0) is 17.9. The number of halogens is 3. The molecule has 0 atom stereocenters. The van der Waals surface area contributed by atoms with Crippen LogP contribution in [0, 0.1) is 17.5 Å². The van der Waals surface area contributed by atoms with Crippen LogP contribution in [0.1, 0.15) is 20.3 Å². The Balaban J connectivity index is 2.02. The van der Waals surface area contributed by atoms with Gasteiger partial charge in [-0.05, 0) is 32.4 Å². The number of nitrogens with zero attached hydrogens (tertiary/aromatic N) is 2. The summed E-state index contributed by atoms with van der Waals surface area (Å²) in [6, 6.07) is 1.90. The molecule has 8 heteroatoms. The molecule has 0 saturated carbocycles. The first-order valence-corrected chi connectivity index (χ1v) is 7.79. The van der Waals surface area contributed by atoms with Gasteiger partial charge in [0.15, 0.2) is 17.5 Å². The molecule has 2 amide bonds. The standard InChI is InChI=1S/C16H20F3N3O2/c1-10(2)21-6-3-7-22(9-8-21)16(24)15(23)20-12-5-4-11(17)13(18)14(12)19/h4-5,10H,3,6-9H2,1-2H3,(H,20,23). The second kappa shape index (κ2) is 7.65. The number of amides is 2. The Morgan fingerprint density at radius 2 is 1.75 bits per heavy atom. The molecule has 0 aromatic heterocycles. The van der Waals surface area contributed by atoms with Crippen molar-refractivity contribution in [1.82, 2.24) is 9.80 Å². The number of carbonyl (C=O) groups excluding carboxylic acids is 2. The van der Waals surface area contributed by atoms with Crippen LogP contribution in [-0.4, -0.2) is 53.8 Å². The van der Waals surface area contributed by atoms with Crippen molar-refractivity contribution < 1.29 is 22.8 Å². The van der Waals surface area contributed by atoms with Crippen LogP contribution in [0.2, 0.25) is 0 Å². The third-order valence-corrected chi connectivity index (χ3v) is 4.03. The van der Waals surface area contributed by atoms with Crippen molar-refractivity contribution in [2.45, 2.75) is 26.3 Å². The fourth-order valence-electron chi connectivity index (χ4n) is 2.60. The molecule has 5 nitrogen and oxygen atoms in total. The average Bonchev–Trinajstić information content (AvgIpc) is 2.80. The summed E-state index contributed by atoms with van der Waals surface area (Å²) < 4.78 is 39.6. The van der Waals surface area contributed by atoms with E-state index in [1.165, 1.54) is 4.90 Å². The molecular weight excluding hydrogens is 323 g/mol. The van der Waals surface area contributed by atoms with E-state index in [4.69, 9.17) is 0 Å². The molecule has 0 spiro atoms. The number of hydrogen-bond acceptors (Lipinski definition) is 3. The van der Waals surface area contributed by atoms with Gasteiger partial charge >= 0.3 is 11.8 Å². The predicted molar refractivity (Wildman–Crippen MR) is 82.9 cm³/mol. The van der Waals surface area contributed by atoms with Crippen LogP contribution in [0.15, 0.2) is 12.1 Å². The summed E-state index contributed by atoms with van der Waals surface area (Å²) in [5, 5.41) is 2.00. The average molecular weight is 343 g/mol. The van der Waals surface area contributed by atoms with Gasteiger partial charge in [-0.2, -0.15) is 0 Å². The largest absolute Gasteiger partial charge is 0.333 e. The molecule has 24 heavy (non-hydrogen) atoms. The minimum Gasteiger partial charge on any atom is -0.333 e. The summed E-state index contributed by atoms with van der Waals surface area (Å²) in [5.74, 6) is -6.47. The Labute approximate surface area is 138 Å². The van der Waals surface area contributed by atoms with Crippen LogP contribution in [0.5, 0.6) is 0 Å². The zero-order valence-electron chi connectivity index (χ0n) is 13.6. The van der Waals surface area contributed by atoms with E-state index in [1.54, 1.807) is 0 Å². The number of carbonyl (C=O) groups is 2. The Bertz CT molecular complexity index is 637. The molecule has 1 heterocycles. The van der Waals surface area contributed by atoms with Crippen LogP contribution < -0.4 is 5.32 Å². The Hall–Kier alpha value is -2.09. The summed E-state index contributed by atoms with van der Waals surface area (Å²) in [7, 11) is 0. The molecule has 0 unspecified atom stereocenters. The predicted octanol–water partition coefficient (Wildman–Crippen LogP) is 1.99. The van der Waals surface area contributed by atoms with Gasteiger partial charge in [-0.15, -0.1) is 0 Å². The maximum atomic E-state index is 13.6.